The van der Waals surface area contributed by atoms with Gasteiger partial charge in [-0.3, -0.25) is 9.59 Å². The Labute approximate surface area is 161 Å². The van der Waals surface area contributed by atoms with Crippen LogP contribution >= 0.6 is 0 Å². The van der Waals surface area contributed by atoms with E-state index in [2.05, 4.69) is 27.7 Å². The molecule has 2 unspecified atom stereocenters. The molecular formula is C22H42O4. The highest BCUT2D eigenvalue weighted by Gasteiger charge is 2.10. The van der Waals surface area contributed by atoms with Gasteiger partial charge in [0.2, 0.25) is 0 Å². The van der Waals surface area contributed by atoms with E-state index in [1.165, 1.54) is 12.8 Å². The van der Waals surface area contributed by atoms with E-state index in [0.717, 1.165) is 51.4 Å². The SMILES string of the molecule is CCCCC(CC)COC(=O)CCCCCCCC(=O)OCC(C)CC. The van der Waals surface area contributed by atoms with Gasteiger partial charge in [0.1, 0.15) is 0 Å². The van der Waals surface area contributed by atoms with Crippen LogP contribution in [0.15, 0.2) is 0 Å². The van der Waals surface area contributed by atoms with E-state index in [1.54, 1.807) is 0 Å². The maximum atomic E-state index is 11.8. The molecule has 0 aromatic carbocycles. The summed E-state index contributed by atoms with van der Waals surface area (Å²) in [7, 11) is 0. The molecule has 0 aliphatic heterocycles. The first-order valence-electron chi connectivity index (χ1n) is 10.8. The Morgan fingerprint density at radius 3 is 1.77 bits per heavy atom. The van der Waals surface area contributed by atoms with Crippen LogP contribution in [-0.2, 0) is 19.1 Å². The van der Waals surface area contributed by atoms with Crippen molar-refractivity contribution in [2.75, 3.05) is 13.2 Å². The fourth-order valence-electron chi connectivity index (χ4n) is 2.68. The molecule has 2 atom stereocenters. The second-order valence-electron chi connectivity index (χ2n) is 7.56. The van der Waals surface area contributed by atoms with E-state index in [4.69, 9.17) is 9.47 Å². The number of hydrogen-bond acceptors (Lipinski definition) is 4. The van der Waals surface area contributed by atoms with E-state index in [9.17, 15) is 9.59 Å². The summed E-state index contributed by atoms with van der Waals surface area (Å²) in [6, 6.07) is 0. The number of hydrogen-bond donors (Lipinski definition) is 0. The number of rotatable bonds is 17. The van der Waals surface area contributed by atoms with Gasteiger partial charge in [-0.25, -0.2) is 0 Å². The molecule has 0 aliphatic rings. The minimum atomic E-state index is -0.0811. The molecule has 0 saturated carbocycles. The monoisotopic (exact) mass is 370 g/mol. The van der Waals surface area contributed by atoms with Crippen LogP contribution in [0.25, 0.3) is 0 Å². The topological polar surface area (TPSA) is 52.6 Å². The average Bonchev–Trinajstić information content (AvgIpc) is 2.65. The van der Waals surface area contributed by atoms with E-state index < -0.39 is 0 Å². The van der Waals surface area contributed by atoms with Gasteiger partial charge in [-0.2, -0.15) is 0 Å². The third kappa shape index (κ3) is 15.2. The second kappa shape index (κ2) is 17.4. The quantitative estimate of drug-likeness (QED) is 0.230. The number of ether oxygens (including phenoxy) is 2. The van der Waals surface area contributed by atoms with Crippen LogP contribution in [0.5, 0.6) is 0 Å². The van der Waals surface area contributed by atoms with Crippen molar-refractivity contribution in [1.82, 2.24) is 0 Å². The zero-order valence-corrected chi connectivity index (χ0v) is 17.7. The van der Waals surface area contributed by atoms with Gasteiger partial charge in [0.05, 0.1) is 13.2 Å². The molecule has 0 radical (unpaired) electrons. The molecular weight excluding hydrogens is 328 g/mol. The minimum Gasteiger partial charge on any atom is -0.465 e. The van der Waals surface area contributed by atoms with Gasteiger partial charge in [0.25, 0.3) is 0 Å². The number of carbonyl (C=O) groups is 2. The molecule has 26 heavy (non-hydrogen) atoms. The molecule has 4 nitrogen and oxygen atoms in total. The molecule has 0 aromatic rings. The summed E-state index contributed by atoms with van der Waals surface area (Å²) in [6.07, 6.45) is 11.5. The first-order chi connectivity index (χ1) is 12.5. The van der Waals surface area contributed by atoms with Crippen molar-refractivity contribution in [2.24, 2.45) is 11.8 Å². The largest absolute Gasteiger partial charge is 0.465 e. The molecule has 0 amide bonds. The van der Waals surface area contributed by atoms with Crippen molar-refractivity contribution < 1.29 is 19.1 Å². The highest BCUT2D eigenvalue weighted by molar-refractivity contribution is 5.69. The van der Waals surface area contributed by atoms with Crippen molar-refractivity contribution in [2.45, 2.75) is 105 Å². The summed E-state index contributed by atoms with van der Waals surface area (Å²) in [5.74, 6) is 0.813. The van der Waals surface area contributed by atoms with Gasteiger partial charge < -0.3 is 9.47 Å². The number of esters is 2. The zero-order valence-electron chi connectivity index (χ0n) is 17.7. The Morgan fingerprint density at radius 2 is 1.27 bits per heavy atom. The molecule has 0 aliphatic carbocycles. The van der Waals surface area contributed by atoms with Gasteiger partial charge in [0, 0.05) is 12.8 Å². The van der Waals surface area contributed by atoms with Crippen molar-refractivity contribution in [3.05, 3.63) is 0 Å². The second-order valence-corrected chi connectivity index (χ2v) is 7.56. The first kappa shape index (κ1) is 24.9. The fourth-order valence-corrected chi connectivity index (χ4v) is 2.68. The molecule has 0 heterocycles. The van der Waals surface area contributed by atoms with Crippen LogP contribution in [0.2, 0.25) is 0 Å². The summed E-state index contributed by atoms with van der Waals surface area (Å²) in [5, 5.41) is 0. The zero-order chi connectivity index (χ0) is 19.6. The highest BCUT2D eigenvalue weighted by Crippen LogP contribution is 2.14. The van der Waals surface area contributed by atoms with Crippen LogP contribution in [-0.4, -0.2) is 25.2 Å². The maximum absolute atomic E-state index is 11.8. The normalized spacial score (nSPS) is 13.2. The summed E-state index contributed by atoms with van der Waals surface area (Å²) in [6.45, 7) is 9.65. The van der Waals surface area contributed by atoms with Crippen LogP contribution in [0.1, 0.15) is 105 Å². The lowest BCUT2D eigenvalue weighted by Crippen LogP contribution is -2.13. The fraction of sp³-hybridized carbons (Fsp3) is 0.909. The standard InChI is InChI=1S/C22H42O4/c1-5-8-14-20(7-3)18-26-22(24)16-13-11-9-10-12-15-21(23)25-17-19(4)6-2/h19-20H,5-18H2,1-4H3. The number of unbranched alkanes of at least 4 members (excludes halogenated alkanes) is 5. The molecule has 0 fully saturated rings. The Balaban J connectivity index is 3.51. The molecule has 154 valence electrons. The Bertz CT molecular complexity index is 354. The average molecular weight is 371 g/mol. The van der Waals surface area contributed by atoms with Crippen LogP contribution in [0.4, 0.5) is 0 Å². The van der Waals surface area contributed by atoms with E-state index in [1.807, 2.05) is 0 Å². The lowest BCUT2D eigenvalue weighted by Gasteiger charge is -2.14. The van der Waals surface area contributed by atoms with Gasteiger partial charge >= 0.3 is 11.9 Å². The first-order valence-corrected chi connectivity index (χ1v) is 10.8. The van der Waals surface area contributed by atoms with Crippen molar-refractivity contribution >= 4 is 11.9 Å². The van der Waals surface area contributed by atoms with Gasteiger partial charge in [-0.05, 0) is 31.1 Å². The van der Waals surface area contributed by atoms with Gasteiger partial charge in [0.15, 0.2) is 0 Å². The molecule has 0 N–H and O–H groups in total. The predicted octanol–water partition coefficient (Wildman–Crippen LogP) is 6.07. The summed E-state index contributed by atoms with van der Waals surface area (Å²) >= 11 is 0. The summed E-state index contributed by atoms with van der Waals surface area (Å²) in [5.41, 5.74) is 0. The van der Waals surface area contributed by atoms with Crippen LogP contribution in [0.3, 0.4) is 0 Å². The predicted molar refractivity (Wildman–Crippen MR) is 107 cm³/mol. The van der Waals surface area contributed by atoms with Crippen molar-refractivity contribution in [3.8, 4) is 0 Å². The lowest BCUT2D eigenvalue weighted by molar-refractivity contribution is -0.146. The Hall–Kier alpha value is -1.06. The molecule has 0 rings (SSSR count). The van der Waals surface area contributed by atoms with Crippen LogP contribution in [0, 0.1) is 11.8 Å². The highest BCUT2D eigenvalue weighted by atomic mass is 16.5. The molecule has 0 bridgehead atoms. The summed E-state index contributed by atoms with van der Waals surface area (Å²) in [4.78, 5) is 23.4. The van der Waals surface area contributed by atoms with E-state index in [-0.39, 0.29) is 11.9 Å². The Morgan fingerprint density at radius 1 is 0.731 bits per heavy atom. The third-order valence-electron chi connectivity index (χ3n) is 5.01. The van der Waals surface area contributed by atoms with E-state index >= 15 is 0 Å². The lowest BCUT2D eigenvalue weighted by atomic mass is 10.0. The maximum Gasteiger partial charge on any atom is 0.305 e. The smallest absolute Gasteiger partial charge is 0.305 e. The third-order valence-corrected chi connectivity index (χ3v) is 5.01. The number of carbonyl (C=O) groups excluding carboxylic acids is 2. The molecule has 0 saturated heterocycles. The van der Waals surface area contributed by atoms with Gasteiger partial charge in [-0.1, -0.05) is 72.6 Å². The van der Waals surface area contributed by atoms with Crippen molar-refractivity contribution in [1.29, 1.82) is 0 Å². The van der Waals surface area contributed by atoms with E-state index in [0.29, 0.717) is 37.9 Å². The summed E-state index contributed by atoms with van der Waals surface area (Å²) < 4.78 is 10.6. The van der Waals surface area contributed by atoms with Gasteiger partial charge in [-0.15, -0.1) is 0 Å². The minimum absolute atomic E-state index is 0.0615. The van der Waals surface area contributed by atoms with Crippen molar-refractivity contribution in [3.63, 3.8) is 0 Å². The van der Waals surface area contributed by atoms with Crippen LogP contribution < -0.4 is 0 Å². The molecule has 0 aromatic heterocycles. The molecule has 0 spiro atoms. The Kier molecular flexibility index (Phi) is 16.7. The molecule has 4 heteroatoms.